The van der Waals surface area contributed by atoms with Crippen LogP contribution in [0, 0.1) is 0 Å². The number of benzene rings is 1. The smallest absolute Gasteiger partial charge is 0.181 e. The molecular weight excluding hydrogens is 212 g/mol. The largest absolute Gasteiger partial charge is 0.399 e. The molecule has 4 heteroatoms. The first-order valence-corrected chi connectivity index (χ1v) is 6.05. The lowest BCUT2D eigenvalue weighted by Crippen LogP contribution is -2.16. The molecule has 1 aromatic carbocycles. The number of fused-ring (bicyclic) bond motifs is 1. The van der Waals surface area contributed by atoms with Crippen LogP contribution in [0.25, 0.3) is 11.4 Å². The van der Waals surface area contributed by atoms with Crippen LogP contribution >= 0.6 is 0 Å². The Balaban J connectivity index is 2.05. The Bertz CT molecular complexity index is 544. The fourth-order valence-corrected chi connectivity index (χ4v) is 2.36. The van der Waals surface area contributed by atoms with Crippen LogP contribution in [0.4, 0.5) is 5.69 Å². The molecule has 2 N–H and O–H groups in total. The first kappa shape index (κ1) is 10.3. The molecule has 2 aromatic rings. The second-order valence-electron chi connectivity index (χ2n) is 4.66. The van der Waals surface area contributed by atoms with Gasteiger partial charge >= 0.3 is 0 Å². The van der Waals surface area contributed by atoms with Crippen LogP contribution in [0.2, 0.25) is 0 Å². The summed E-state index contributed by atoms with van der Waals surface area (Å²) in [5, 5.41) is 4.59. The average molecular weight is 228 g/mol. The Morgan fingerprint density at radius 1 is 1.41 bits per heavy atom. The number of nitrogens with two attached hydrogens (primary N) is 1. The first-order chi connectivity index (χ1) is 8.24. The lowest BCUT2D eigenvalue weighted by atomic mass is 10.1. The second-order valence-corrected chi connectivity index (χ2v) is 4.66. The Kier molecular flexibility index (Phi) is 2.35. The van der Waals surface area contributed by atoms with E-state index < -0.39 is 0 Å². The Hall–Kier alpha value is -1.84. The van der Waals surface area contributed by atoms with Crippen molar-refractivity contribution in [1.82, 2.24) is 14.8 Å². The van der Waals surface area contributed by atoms with E-state index in [0.29, 0.717) is 6.04 Å². The summed E-state index contributed by atoms with van der Waals surface area (Å²) in [6.45, 7) is 2.19. The molecule has 2 heterocycles. The summed E-state index contributed by atoms with van der Waals surface area (Å²) in [5.74, 6) is 1.89. The molecule has 0 aliphatic carbocycles. The molecule has 1 unspecified atom stereocenters. The lowest BCUT2D eigenvalue weighted by molar-refractivity contribution is 0.389. The molecule has 0 saturated heterocycles. The highest BCUT2D eigenvalue weighted by molar-refractivity contribution is 5.60. The number of hydrogen-bond donors (Lipinski definition) is 1. The van der Waals surface area contributed by atoms with Gasteiger partial charge in [-0.3, -0.25) is 0 Å². The molecular formula is C13H16N4. The van der Waals surface area contributed by atoms with E-state index in [9.17, 15) is 0 Å². The van der Waals surface area contributed by atoms with Gasteiger partial charge in [-0.2, -0.15) is 5.10 Å². The summed E-state index contributed by atoms with van der Waals surface area (Å²) >= 11 is 0. The maximum Gasteiger partial charge on any atom is 0.181 e. The van der Waals surface area contributed by atoms with Crippen molar-refractivity contribution < 1.29 is 0 Å². The topological polar surface area (TPSA) is 56.7 Å². The molecule has 1 aliphatic heterocycles. The number of hydrogen-bond acceptors (Lipinski definition) is 3. The zero-order chi connectivity index (χ0) is 11.8. The highest BCUT2D eigenvalue weighted by atomic mass is 15.4. The summed E-state index contributed by atoms with van der Waals surface area (Å²) in [7, 11) is 0. The predicted molar refractivity (Wildman–Crippen MR) is 67.5 cm³/mol. The van der Waals surface area contributed by atoms with Crippen molar-refractivity contribution in [2.75, 3.05) is 5.73 Å². The first-order valence-electron chi connectivity index (χ1n) is 6.05. The van der Waals surface area contributed by atoms with Gasteiger partial charge in [-0.15, -0.1) is 0 Å². The molecule has 0 radical (unpaired) electrons. The molecule has 88 valence electrons. The van der Waals surface area contributed by atoms with E-state index in [2.05, 4.69) is 21.7 Å². The van der Waals surface area contributed by atoms with Gasteiger partial charge in [0.25, 0.3) is 0 Å². The number of anilines is 1. The molecule has 0 amide bonds. The van der Waals surface area contributed by atoms with Gasteiger partial charge in [0, 0.05) is 17.7 Å². The van der Waals surface area contributed by atoms with Gasteiger partial charge in [0.2, 0.25) is 0 Å². The molecule has 1 aromatic heterocycles. The third-order valence-electron chi connectivity index (χ3n) is 3.29. The van der Waals surface area contributed by atoms with Gasteiger partial charge in [-0.05, 0) is 31.9 Å². The minimum Gasteiger partial charge on any atom is -0.399 e. The number of aromatic nitrogens is 3. The highest BCUT2D eigenvalue weighted by Crippen LogP contribution is 2.26. The third-order valence-corrected chi connectivity index (χ3v) is 3.29. The highest BCUT2D eigenvalue weighted by Gasteiger charge is 2.20. The Morgan fingerprint density at radius 2 is 2.29 bits per heavy atom. The van der Waals surface area contributed by atoms with Gasteiger partial charge in [0.1, 0.15) is 5.82 Å². The van der Waals surface area contributed by atoms with E-state index in [1.807, 2.05) is 24.3 Å². The maximum absolute atomic E-state index is 5.78. The minimum atomic E-state index is 0.459. The fourth-order valence-electron chi connectivity index (χ4n) is 2.36. The summed E-state index contributed by atoms with van der Waals surface area (Å²) in [4.78, 5) is 4.61. The van der Waals surface area contributed by atoms with Crippen LogP contribution in [0.1, 0.15) is 31.6 Å². The van der Waals surface area contributed by atoms with Crippen LogP contribution in [0.3, 0.4) is 0 Å². The number of nitrogen functional groups attached to an aromatic ring is 1. The van der Waals surface area contributed by atoms with Crippen molar-refractivity contribution >= 4 is 5.69 Å². The Labute approximate surface area is 100 Å². The summed E-state index contributed by atoms with van der Waals surface area (Å²) in [6, 6.07) is 8.20. The van der Waals surface area contributed by atoms with Crippen molar-refractivity contribution in [3.05, 3.63) is 30.1 Å². The van der Waals surface area contributed by atoms with Gasteiger partial charge in [0.15, 0.2) is 5.82 Å². The normalized spacial score (nSPS) is 19.0. The number of nitrogens with zero attached hydrogens (tertiary/aromatic N) is 3. The van der Waals surface area contributed by atoms with Crippen molar-refractivity contribution in [3.63, 3.8) is 0 Å². The molecule has 17 heavy (non-hydrogen) atoms. The molecule has 1 atom stereocenters. The van der Waals surface area contributed by atoms with E-state index in [0.717, 1.165) is 29.3 Å². The van der Waals surface area contributed by atoms with Gasteiger partial charge < -0.3 is 5.73 Å². The van der Waals surface area contributed by atoms with E-state index in [1.54, 1.807) is 0 Å². The molecule has 0 saturated carbocycles. The van der Waals surface area contributed by atoms with Gasteiger partial charge in [-0.1, -0.05) is 12.1 Å². The quantitative estimate of drug-likeness (QED) is 0.763. The Morgan fingerprint density at radius 3 is 3.06 bits per heavy atom. The predicted octanol–water partition coefficient (Wildman–Crippen LogP) is 2.42. The van der Waals surface area contributed by atoms with Crippen molar-refractivity contribution in [2.45, 2.75) is 32.2 Å². The van der Waals surface area contributed by atoms with Crippen molar-refractivity contribution in [2.24, 2.45) is 0 Å². The van der Waals surface area contributed by atoms with Crippen LogP contribution in [0.5, 0.6) is 0 Å². The zero-order valence-corrected chi connectivity index (χ0v) is 9.93. The van der Waals surface area contributed by atoms with Crippen molar-refractivity contribution in [1.29, 1.82) is 0 Å². The molecule has 0 spiro atoms. The average Bonchev–Trinajstić information content (AvgIpc) is 2.74. The van der Waals surface area contributed by atoms with Crippen LogP contribution in [-0.2, 0) is 6.42 Å². The minimum absolute atomic E-state index is 0.459. The van der Waals surface area contributed by atoms with Crippen LogP contribution in [0.15, 0.2) is 24.3 Å². The zero-order valence-electron chi connectivity index (χ0n) is 9.93. The van der Waals surface area contributed by atoms with E-state index in [1.165, 1.54) is 12.8 Å². The SMILES string of the molecule is CC1CCCc2nc(-c3cccc(N)c3)nn21. The van der Waals surface area contributed by atoms with Crippen molar-refractivity contribution in [3.8, 4) is 11.4 Å². The third kappa shape index (κ3) is 1.79. The molecule has 0 bridgehead atoms. The van der Waals surface area contributed by atoms with Crippen LogP contribution in [-0.4, -0.2) is 14.8 Å². The molecule has 1 aliphatic rings. The maximum atomic E-state index is 5.78. The van der Waals surface area contributed by atoms with Gasteiger partial charge in [-0.25, -0.2) is 9.67 Å². The standard InChI is InChI=1S/C13H16N4/c1-9-4-2-7-12-15-13(16-17(9)12)10-5-3-6-11(14)8-10/h3,5-6,8-9H,2,4,7,14H2,1H3. The van der Waals surface area contributed by atoms with Gasteiger partial charge in [0.05, 0.1) is 6.04 Å². The monoisotopic (exact) mass is 228 g/mol. The fraction of sp³-hybridized carbons (Fsp3) is 0.385. The lowest BCUT2D eigenvalue weighted by Gasteiger charge is -2.18. The summed E-state index contributed by atoms with van der Waals surface area (Å²) in [5.41, 5.74) is 7.54. The van der Waals surface area contributed by atoms with E-state index >= 15 is 0 Å². The summed E-state index contributed by atoms with van der Waals surface area (Å²) in [6.07, 6.45) is 3.42. The molecule has 0 fully saturated rings. The molecule has 3 rings (SSSR count). The second kappa shape index (κ2) is 3.87. The van der Waals surface area contributed by atoms with Crippen LogP contribution < -0.4 is 5.73 Å². The van der Waals surface area contributed by atoms with E-state index in [-0.39, 0.29) is 0 Å². The molecule has 4 nitrogen and oxygen atoms in total. The summed E-state index contributed by atoms with van der Waals surface area (Å²) < 4.78 is 2.06. The number of rotatable bonds is 1. The number of aryl methyl sites for hydroxylation is 1. The van der Waals surface area contributed by atoms with E-state index in [4.69, 9.17) is 5.73 Å².